The van der Waals surface area contributed by atoms with Gasteiger partial charge >= 0.3 is 5.97 Å². The second-order valence-electron chi connectivity index (χ2n) is 7.89. The Kier molecular flexibility index (Phi) is 8.43. The zero-order chi connectivity index (χ0) is 26.5. The van der Waals surface area contributed by atoms with E-state index in [1.807, 2.05) is 13.0 Å². The van der Waals surface area contributed by atoms with Crippen LogP contribution in [0.3, 0.4) is 0 Å². The third-order valence-corrected chi connectivity index (χ3v) is 6.93. The van der Waals surface area contributed by atoms with Crippen LogP contribution in [0.2, 0.25) is 10.0 Å². The molecule has 7 nitrogen and oxygen atoms in total. The molecular formula is C27H22Cl2N2O5S. The average molecular weight is 557 g/mol. The highest BCUT2D eigenvalue weighted by atomic mass is 35.5. The van der Waals surface area contributed by atoms with E-state index in [0.29, 0.717) is 43.9 Å². The van der Waals surface area contributed by atoms with E-state index in [9.17, 15) is 14.7 Å². The number of hydrogen-bond donors (Lipinski definition) is 1. The van der Waals surface area contributed by atoms with E-state index in [0.717, 1.165) is 11.1 Å². The van der Waals surface area contributed by atoms with Gasteiger partial charge in [-0.2, -0.15) is 0 Å². The largest absolute Gasteiger partial charge is 0.490 e. The molecule has 1 amide bonds. The van der Waals surface area contributed by atoms with Crippen LogP contribution in [0.1, 0.15) is 28.4 Å². The lowest BCUT2D eigenvalue weighted by atomic mass is 10.1. The smallest absolute Gasteiger partial charge is 0.335 e. The number of amides is 1. The van der Waals surface area contributed by atoms with E-state index in [-0.39, 0.29) is 18.1 Å². The molecule has 1 heterocycles. The van der Waals surface area contributed by atoms with Crippen LogP contribution in [0, 0.1) is 0 Å². The highest BCUT2D eigenvalue weighted by Gasteiger charge is 2.30. The number of aliphatic imine (C=N–C) groups is 1. The van der Waals surface area contributed by atoms with Crippen LogP contribution in [-0.4, -0.2) is 40.7 Å². The molecule has 10 heteroatoms. The van der Waals surface area contributed by atoms with Crippen molar-refractivity contribution in [3.05, 3.63) is 92.3 Å². The van der Waals surface area contributed by atoms with Gasteiger partial charge < -0.3 is 14.6 Å². The number of ether oxygens (including phenoxy) is 2. The van der Waals surface area contributed by atoms with Crippen molar-refractivity contribution < 1.29 is 24.2 Å². The van der Waals surface area contributed by atoms with Gasteiger partial charge in [-0.3, -0.25) is 9.69 Å². The minimum absolute atomic E-state index is 0.124. The van der Waals surface area contributed by atoms with Crippen LogP contribution in [-0.2, 0) is 11.4 Å². The summed E-state index contributed by atoms with van der Waals surface area (Å²) in [6.07, 6.45) is 1.75. The Labute approximate surface area is 228 Å². The third kappa shape index (κ3) is 6.46. The second-order valence-corrected chi connectivity index (χ2v) is 9.74. The van der Waals surface area contributed by atoms with Gasteiger partial charge in [0.1, 0.15) is 6.61 Å². The van der Waals surface area contributed by atoms with Crippen molar-refractivity contribution >= 4 is 63.8 Å². The van der Waals surface area contributed by atoms with Crippen molar-refractivity contribution in [3.8, 4) is 11.5 Å². The summed E-state index contributed by atoms with van der Waals surface area (Å²) < 4.78 is 11.7. The van der Waals surface area contributed by atoms with E-state index < -0.39 is 5.97 Å². The van der Waals surface area contributed by atoms with Gasteiger partial charge in [-0.25, -0.2) is 9.79 Å². The molecule has 0 radical (unpaired) electrons. The molecule has 0 saturated carbocycles. The maximum absolute atomic E-state index is 12.9. The third-order valence-electron chi connectivity index (χ3n) is 5.29. The number of carbonyl (C=O) groups is 2. The molecule has 1 N–H and O–H groups in total. The number of likely N-dealkylation sites (N-methyl/N-ethyl adjacent to an activating group) is 1. The summed E-state index contributed by atoms with van der Waals surface area (Å²) in [5.41, 5.74) is 2.11. The van der Waals surface area contributed by atoms with Gasteiger partial charge in [-0.15, -0.1) is 0 Å². The number of carbonyl (C=O) groups excluding carboxylic acids is 1. The molecule has 190 valence electrons. The number of halogens is 2. The Morgan fingerprint density at radius 3 is 2.62 bits per heavy atom. The number of rotatable bonds is 8. The first-order chi connectivity index (χ1) is 17.7. The highest BCUT2D eigenvalue weighted by molar-refractivity contribution is 8.18. The zero-order valence-corrected chi connectivity index (χ0v) is 22.2. The molecule has 1 aliphatic heterocycles. The lowest BCUT2D eigenvalue weighted by Gasteiger charge is -2.13. The Bertz CT molecular complexity index is 1420. The van der Waals surface area contributed by atoms with Gasteiger partial charge in [-0.05, 0) is 72.8 Å². The molecule has 0 spiro atoms. The van der Waals surface area contributed by atoms with Crippen molar-refractivity contribution in [2.45, 2.75) is 13.5 Å². The van der Waals surface area contributed by atoms with Crippen LogP contribution < -0.4 is 9.47 Å². The van der Waals surface area contributed by atoms with Crippen molar-refractivity contribution in [3.63, 3.8) is 0 Å². The molecule has 37 heavy (non-hydrogen) atoms. The molecule has 3 aromatic carbocycles. The number of aromatic carboxylic acids is 1. The molecule has 1 aliphatic rings. The van der Waals surface area contributed by atoms with Gasteiger partial charge in [0.15, 0.2) is 16.7 Å². The van der Waals surface area contributed by atoms with Gasteiger partial charge in [0.05, 0.1) is 22.8 Å². The minimum atomic E-state index is -1.04. The lowest BCUT2D eigenvalue weighted by Crippen LogP contribution is -2.23. The van der Waals surface area contributed by atoms with Gasteiger partial charge in [-0.1, -0.05) is 41.4 Å². The zero-order valence-electron chi connectivity index (χ0n) is 19.9. The molecule has 0 atom stereocenters. The predicted molar refractivity (Wildman–Crippen MR) is 147 cm³/mol. The van der Waals surface area contributed by atoms with E-state index in [4.69, 9.17) is 32.7 Å². The summed E-state index contributed by atoms with van der Waals surface area (Å²) in [5, 5.41) is 10.7. The summed E-state index contributed by atoms with van der Waals surface area (Å²) in [4.78, 5) is 30.5. The summed E-state index contributed by atoms with van der Waals surface area (Å²) in [6.45, 7) is 2.54. The Morgan fingerprint density at radius 2 is 1.89 bits per heavy atom. The topological polar surface area (TPSA) is 88.4 Å². The molecule has 0 bridgehead atoms. The lowest BCUT2D eigenvalue weighted by molar-refractivity contribution is -0.121. The van der Waals surface area contributed by atoms with E-state index in [1.165, 1.54) is 28.8 Å². The average Bonchev–Trinajstić information content (AvgIpc) is 3.12. The first-order valence-corrected chi connectivity index (χ1v) is 12.8. The Morgan fingerprint density at radius 1 is 1.08 bits per heavy atom. The fraction of sp³-hybridized carbons (Fsp3) is 0.148. The molecule has 0 unspecified atom stereocenters. The number of nitrogens with zero attached hydrogens (tertiary/aromatic N) is 2. The molecule has 3 aromatic rings. The number of thioether (sulfide) groups is 1. The van der Waals surface area contributed by atoms with Gasteiger partial charge in [0.2, 0.25) is 0 Å². The summed E-state index contributed by atoms with van der Waals surface area (Å²) in [6, 6.07) is 16.9. The normalized spacial score (nSPS) is 15.5. The van der Waals surface area contributed by atoms with Crippen molar-refractivity contribution in [2.75, 3.05) is 13.7 Å². The number of benzene rings is 3. The molecule has 1 fully saturated rings. The number of carboxylic acid groups (broad SMARTS) is 1. The minimum Gasteiger partial charge on any atom is -0.490 e. The van der Waals surface area contributed by atoms with E-state index in [1.54, 1.807) is 55.6 Å². The van der Waals surface area contributed by atoms with Gasteiger partial charge in [0.25, 0.3) is 5.91 Å². The first-order valence-electron chi connectivity index (χ1n) is 11.2. The molecule has 1 saturated heterocycles. The first kappa shape index (κ1) is 26.6. The highest BCUT2D eigenvalue weighted by Crippen LogP contribution is 2.36. The van der Waals surface area contributed by atoms with Crippen molar-refractivity contribution in [1.82, 2.24) is 4.90 Å². The quantitative estimate of drug-likeness (QED) is 0.303. The predicted octanol–water partition coefficient (Wildman–Crippen LogP) is 6.90. The number of amidine groups is 1. The van der Waals surface area contributed by atoms with Crippen molar-refractivity contribution in [1.29, 1.82) is 0 Å². The molecule has 0 aromatic heterocycles. The standard InChI is InChI=1S/C27H22Cl2N2O5S/c1-3-35-23-11-16(7-10-22(23)36-15-18-8-9-19(28)14-21(18)29)12-24-25(32)31(2)27(37-24)30-20-6-4-5-17(13-20)26(33)34/h4-14H,3,15H2,1-2H3,(H,33,34)/b24-12-,30-27?. The second kappa shape index (κ2) is 11.7. The van der Waals surface area contributed by atoms with E-state index in [2.05, 4.69) is 4.99 Å². The monoisotopic (exact) mass is 556 g/mol. The number of hydrogen-bond acceptors (Lipinski definition) is 6. The van der Waals surface area contributed by atoms with Crippen LogP contribution in [0.4, 0.5) is 5.69 Å². The van der Waals surface area contributed by atoms with Crippen LogP contribution in [0.5, 0.6) is 11.5 Å². The fourth-order valence-corrected chi connectivity index (χ4v) is 4.87. The summed E-state index contributed by atoms with van der Waals surface area (Å²) in [5.74, 6) is -0.183. The maximum Gasteiger partial charge on any atom is 0.335 e. The fourth-order valence-electron chi connectivity index (χ4n) is 3.42. The Hall–Kier alpha value is -3.46. The van der Waals surface area contributed by atoms with Gasteiger partial charge in [0, 0.05) is 22.7 Å². The maximum atomic E-state index is 12.9. The number of carboxylic acids is 1. The molecule has 4 rings (SSSR count). The van der Waals surface area contributed by atoms with E-state index >= 15 is 0 Å². The molecular weight excluding hydrogens is 535 g/mol. The summed E-state index contributed by atoms with van der Waals surface area (Å²) >= 11 is 13.4. The Balaban J connectivity index is 1.55. The van der Waals surface area contributed by atoms with Crippen LogP contribution in [0.25, 0.3) is 6.08 Å². The SMILES string of the molecule is CCOc1cc(/C=C2\SC(=Nc3cccc(C(=O)O)c3)N(C)C2=O)ccc1OCc1ccc(Cl)cc1Cl. The van der Waals surface area contributed by atoms with Crippen molar-refractivity contribution in [2.24, 2.45) is 4.99 Å². The van der Waals surface area contributed by atoms with Crippen LogP contribution in [0.15, 0.2) is 70.6 Å². The van der Waals surface area contributed by atoms with Crippen LogP contribution >= 0.6 is 35.0 Å². The summed E-state index contributed by atoms with van der Waals surface area (Å²) in [7, 11) is 1.63. The molecule has 0 aliphatic carbocycles.